The van der Waals surface area contributed by atoms with Gasteiger partial charge in [-0.15, -0.1) is 0 Å². The summed E-state index contributed by atoms with van der Waals surface area (Å²) in [5.41, 5.74) is 3.47. The van der Waals surface area contributed by atoms with E-state index < -0.39 is 0 Å². The molecule has 0 aliphatic carbocycles. The molecule has 1 aliphatic heterocycles. The molecule has 0 radical (unpaired) electrons. The Balaban J connectivity index is 1.49. The number of pyridine rings is 1. The lowest BCUT2D eigenvalue weighted by Crippen LogP contribution is -2.46. The van der Waals surface area contributed by atoms with Crippen LogP contribution in [-0.2, 0) is 6.54 Å². The fourth-order valence-corrected chi connectivity index (χ4v) is 3.64. The normalized spacial score (nSPS) is 15.7. The first-order valence-corrected chi connectivity index (χ1v) is 8.87. The number of rotatable bonds is 3. The van der Waals surface area contributed by atoms with E-state index in [2.05, 4.69) is 37.7 Å². The molecule has 1 aliphatic rings. The minimum atomic E-state index is 0.778. The summed E-state index contributed by atoms with van der Waals surface area (Å²) in [4.78, 5) is 17.9. The predicted molar refractivity (Wildman–Crippen MR) is 101 cm³/mol. The quantitative estimate of drug-likeness (QED) is 0.722. The molecule has 0 atom stereocenters. The molecule has 1 fully saturated rings. The summed E-state index contributed by atoms with van der Waals surface area (Å²) in [5.74, 6) is 0.816. The molecule has 1 saturated heterocycles. The van der Waals surface area contributed by atoms with E-state index in [9.17, 15) is 0 Å². The maximum absolute atomic E-state index is 6.47. The van der Waals surface area contributed by atoms with E-state index >= 15 is 0 Å². The highest BCUT2D eigenvalue weighted by atomic mass is 35.5. The Morgan fingerprint density at radius 2 is 1.72 bits per heavy atom. The van der Waals surface area contributed by atoms with Crippen LogP contribution in [0.25, 0.3) is 10.9 Å². The molecule has 0 bridgehead atoms. The molecule has 3 heterocycles. The maximum atomic E-state index is 6.47. The molecule has 5 nitrogen and oxygen atoms in total. The maximum Gasteiger partial charge on any atom is 0.225 e. The third-order valence-electron chi connectivity index (χ3n) is 4.80. The number of anilines is 1. The lowest BCUT2D eigenvalue weighted by atomic mass is 10.0. The molecule has 0 spiro atoms. The van der Waals surface area contributed by atoms with Crippen molar-refractivity contribution >= 4 is 28.5 Å². The van der Waals surface area contributed by atoms with Gasteiger partial charge in [-0.3, -0.25) is 9.88 Å². The minimum absolute atomic E-state index is 0.778. The predicted octanol–water partition coefficient (Wildman–Crippen LogP) is 3.31. The Bertz CT molecular complexity index is 876. The molecule has 128 valence electrons. The van der Waals surface area contributed by atoms with Crippen molar-refractivity contribution in [2.45, 2.75) is 13.5 Å². The van der Waals surface area contributed by atoms with Crippen LogP contribution >= 0.6 is 11.6 Å². The fraction of sp³-hybridized carbons (Fsp3) is 0.316. The third kappa shape index (κ3) is 3.30. The molecule has 25 heavy (non-hydrogen) atoms. The fourth-order valence-electron chi connectivity index (χ4n) is 3.35. The summed E-state index contributed by atoms with van der Waals surface area (Å²) in [6.07, 6.45) is 5.42. The summed E-state index contributed by atoms with van der Waals surface area (Å²) in [6.45, 7) is 6.85. The number of halogens is 1. The van der Waals surface area contributed by atoms with Gasteiger partial charge in [0.15, 0.2) is 0 Å². The average Bonchev–Trinajstić information content (AvgIpc) is 2.67. The highest BCUT2D eigenvalue weighted by Gasteiger charge is 2.20. The van der Waals surface area contributed by atoms with Crippen molar-refractivity contribution in [1.29, 1.82) is 0 Å². The van der Waals surface area contributed by atoms with Gasteiger partial charge in [-0.2, -0.15) is 0 Å². The second-order valence-electron chi connectivity index (χ2n) is 6.35. The van der Waals surface area contributed by atoms with Gasteiger partial charge >= 0.3 is 0 Å². The van der Waals surface area contributed by atoms with E-state index in [1.807, 2.05) is 24.4 Å². The molecule has 1 aromatic carbocycles. The highest BCUT2D eigenvalue weighted by molar-refractivity contribution is 6.35. The monoisotopic (exact) mass is 353 g/mol. The van der Waals surface area contributed by atoms with Gasteiger partial charge in [-0.1, -0.05) is 11.6 Å². The smallest absolute Gasteiger partial charge is 0.225 e. The number of fused-ring (bicyclic) bond motifs is 1. The van der Waals surface area contributed by atoms with Gasteiger partial charge in [-0.05, 0) is 42.3 Å². The van der Waals surface area contributed by atoms with Crippen LogP contribution in [-0.4, -0.2) is 46.0 Å². The van der Waals surface area contributed by atoms with E-state index in [0.717, 1.165) is 54.6 Å². The van der Waals surface area contributed by atoms with Crippen molar-refractivity contribution < 1.29 is 0 Å². The summed E-state index contributed by atoms with van der Waals surface area (Å²) >= 11 is 6.47. The molecule has 3 aromatic rings. The molecule has 0 saturated carbocycles. The second kappa shape index (κ2) is 6.94. The Morgan fingerprint density at radius 1 is 1.00 bits per heavy atom. The van der Waals surface area contributed by atoms with Gasteiger partial charge in [0.05, 0.1) is 10.5 Å². The number of nitrogens with zero attached hydrogens (tertiary/aromatic N) is 5. The first-order valence-electron chi connectivity index (χ1n) is 8.49. The van der Waals surface area contributed by atoms with E-state index in [1.165, 1.54) is 11.1 Å². The van der Waals surface area contributed by atoms with Crippen LogP contribution in [0.5, 0.6) is 0 Å². The Labute approximate surface area is 152 Å². The zero-order valence-corrected chi connectivity index (χ0v) is 14.9. The SMILES string of the molecule is Cc1c(CN2CCN(c3ncccn3)CC2)cc(Cl)c2cccnc12. The first kappa shape index (κ1) is 16.2. The van der Waals surface area contributed by atoms with Gasteiger partial charge in [0, 0.05) is 56.7 Å². The van der Waals surface area contributed by atoms with Gasteiger partial charge in [0.1, 0.15) is 0 Å². The minimum Gasteiger partial charge on any atom is -0.338 e. The van der Waals surface area contributed by atoms with E-state index in [1.54, 1.807) is 12.4 Å². The van der Waals surface area contributed by atoms with Gasteiger partial charge in [-0.25, -0.2) is 9.97 Å². The van der Waals surface area contributed by atoms with E-state index in [-0.39, 0.29) is 0 Å². The van der Waals surface area contributed by atoms with Crippen molar-refractivity contribution in [3.8, 4) is 0 Å². The van der Waals surface area contributed by atoms with Crippen LogP contribution in [0.3, 0.4) is 0 Å². The highest BCUT2D eigenvalue weighted by Crippen LogP contribution is 2.28. The lowest BCUT2D eigenvalue weighted by Gasteiger charge is -2.35. The van der Waals surface area contributed by atoms with E-state index in [0.29, 0.717) is 0 Å². The molecule has 0 amide bonds. The summed E-state index contributed by atoms with van der Waals surface area (Å²) in [6, 6.07) is 7.89. The van der Waals surface area contributed by atoms with Crippen molar-refractivity contribution in [2.75, 3.05) is 31.1 Å². The number of hydrogen-bond acceptors (Lipinski definition) is 5. The zero-order chi connectivity index (χ0) is 17.2. The van der Waals surface area contributed by atoms with Crippen molar-refractivity contribution in [3.63, 3.8) is 0 Å². The lowest BCUT2D eigenvalue weighted by molar-refractivity contribution is 0.248. The number of piperazine rings is 1. The Hall–Kier alpha value is -2.24. The van der Waals surface area contributed by atoms with Crippen LogP contribution in [0, 0.1) is 6.92 Å². The second-order valence-corrected chi connectivity index (χ2v) is 6.76. The standard InChI is InChI=1S/C19H20ClN5/c1-14-15(12-17(20)16-4-2-5-21-18(14)16)13-24-8-10-25(11-9-24)19-22-6-3-7-23-19/h2-7,12H,8-11,13H2,1H3. The van der Waals surface area contributed by atoms with Crippen LogP contribution in [0.4, 0.5) is 5.95 Å². The molecule has 6 heteroatoms. The Morgan fingerprint density at radius 3 is 2.48 bits per heavy atom. The molecule has 2 aromatic heterocycles. The molecule has 0 unspecified atom stereocenters. The van der Waals surface area contributed by atoms with Crippen LogP contribution < -0.4 is 4.90 Å². The Kier molecular flexibility index (Phi) is 4.51. The number of aromatic nitrogens is 3. The van der Waals surface area contributed by atoms with E-state index in [4.69, 9.17) is 11.6 Å². The molecule has 0 N–H and O–H groups in total. The van der Waals surface area contributed by atoms with Crippen molar-refractivity contribution in [2.24, 2.45) is 0 Å². The molecular weight excluding hydrogens is 334 g/mol. The van der Waals surface area contributed by atoms with Gasteiger partial charge < -0.3 is 4.90 Å². The van der Waals surface area contributed by atoms with Gasteiger partial charge in [0.2, 0.25) is 5.95 Å². The average molecular weight is 354 g/mol. The largest absolute Gasteiger partial charge is 0.338 e. The van der Waals surface area contributed by atoms with Gasteiger partial charge in [0.25, 0.3) is 0 Å². The van der Waals surface area contributed by atoms with Crippen LogP contribution in [0.2, 0.25) is 5.02 Å². The van der Waals surface area contributed by atoms with Crippen molar-refractivity contribution in [3.05, 3.63) is 59.0 Å². The van der Waals surface area contributed by atoms with Crippen LogP contribution in [0.15, 0.2) is 42.9 Å². The zero-order valence-electron chi connectivity index (χ0n) is 14.2. The first-order chi connectivity index (χ1) is 12.2. The number of hydrogen-bond donors (Lipinski definition) is 0. The molecular formula is C19H20ClN5. The number of benzene rings is 1. The summed E-state index contributed by atoms with van der Waals surface area (Å²) in [7, 11) is 0. The summed E-state index contributed by atoms with van der Waals surface area (Å²) in [5, 5.41) is 1.80. The van der Waals surface area contributed by atoms with Crippen LogP contribution in [0.1, 0.15) is 11.1 Å². The number of aryl methyl sites for hydroxylation is 1. The third-order valence-corrected chi connectivity index (χ3v) is 5.12. The summed E-state index contributed by atoms with van der Waals surface area (Å²) < 4.78 is 0. The molecule has 4 rings (SSSR count). The topological polar surface area (TPSA) is 45.2 Å². The van der Waals surface area contributed by atoms with Crippen molar-refractivity contribution in [1.82, 2.24) is 19.9 Å².